The smallest absolute Gasteiger partial charge is 0.0190 e. The van der Waals surface area contributed by atoms with Crippen LogP contribution < -0.4 is 0 Å². The first-order valence-corrected chi connectivity index (χ1v) is 6.74. The van der Waals surface area contributed by atoms with E-state index in [1.807, 2.05) is 0 Å². The van der Waals surface area contributed by atoms with Crippen LogP contribution in [0.4, 0.5) is 0 Å². The first kappa shape index (κ1) is 11.7. The molecule has 0 aliphatic heterocycles. The monoisotopic (exact) mass is 216 g/mol. The summed E-state index contributed by atoms with van der Waals surface area (Å²) in [5, 5.41) is 0. The van der Waals surface area contributed by atoms with Gasteiger partial charge >= 0.3 is 0 Å². The minimum atomic E-state index is 0.718. The van der Waals surface area contributed by atoms with Crippen molar-refractivity contribution in [1.82, 2.24) is 0 Å². The molecule has 0 amide bonds. The number of hydrogen-bond acceptors (Lipinski definition) is 0. The summed E-state index contributed by atoms with van der Waals surface area (Å²) in [6.45, 7) is 9.45. The maximum Gasteiger partial charge on any atom is -0.0190 e. The summed E-state index contributed by atoms with van der Waals surface area (Å²) in [4.78, 5) is 0. The molecule has 0 aromatic heterocycles. The Kier molecular flexibility index (Phi) is 3.37. The Balaban J connectivity index is 2.40. The topological polar surface area (TPSA) is 0 Å². The summed E-state index contributed by atoms with van der Waals surface area (Å²) in [6.07, 6.45) is 3.82. The van der Waals surface area contributed by atoms with E-state index in [1.54, 1.807) is 16.7 Å². The second-order valence-electron chi connectivity index (χ2n) is 5.66. The van der Waals surface area contributed by atoms with Crippen molar-refractivity contribution in [3.8, 4) is 0 Å². The van der Waals surface area contributed by atoms with Crippen molar-refractivity contribution >= 4 is 0 Å². The van der Waals surface area contributed by atoms with E-state index in [0.29, 0.717) is 0 Å². The van der Waals surface area contributed by atoms with Gasteiger partial charge < -0.3 is 0 Å². The fourth-order valence-electron chi connectivity index (χ4n) is 2.85. The highest BCUT2D eigenvalue weighted by Gasteiger charge is 2.24. The van der Waals surface area contributed by atoms with Crippen LogP contribution in [-0.4, -0.2) is 0 Å². The zero-order valence-corrected chi connectivity index (χ0v) is 11.1. The molecule has 3 unspecified atom stereocenters. The van der Waals surface area contributed by atoms with Crippen LogP contribution in [0.3, 0.4) is 0 Å². The van der Waals surface area contributed by atoms with E-state index in [0.717, 1.165) is 17.8 Å². The molecule has 1 aliphatic rings. The Hall–Kier alpha value is -0.780. The van der Waals surface area contributed by atoms with Crippen LogP contribution in [-0.2, 0) is 12.8 Å². The minimum absolute atomic E-state index is 0.718. The van der Waals surface area contributed by atoms with Gasteiger partial charge in [-0.05, 0) is 53.7 Å². The second kappa shape index (κ2) is 4.61. The van der Waals surface area contributed by atoms with E-state index in [4.69, 9.17) is 0 Å². The van der Waals surface area contributed by atoms with E-state index < -0.39 is 0 Å². The summed E-state index contributed by atoms with van der Waals surface area (Å²) >= 11 is 0. The van der Waals surface area contributed by atoms with Gasteiger partial charge in [0.05, 0.1) is 0 Å². The number of hydrogen-bond donors (Lipinski definition) is 0. The summed E-state index contributed by atoms with van der Waals surface area (Å²) in [5.41, 5.74) is 4.89. The highest BCUT2D eigenvalue weighted by molar-refractivity contribution is 5.39. The third kappa shape index (κ3) is 2.03. The summed E-state index contributed by atoms with van der Waals surface area (Å²) in [6, 6.07) is 6.93. The van der Waals surface area contributed by atoms with Crippen molar-refractivity contribution in [3.05, 3.63) is 34.9 Å². The van der Waals surface area contributed by atoms with Crippen molar-refractivity contribution in [3.63, 3.8) is 0 Å². The molecule has 2 rings (SSSR count). The molecule has 1 aromatic rings. The van der Waals surface area contributed by atoms with E-state index >= 15 is 0 Å². The minimum Gasteiger partial charge on any atom is -0.0648 e. The van der Waals surface area contributed by atoms with E-state index in [2.05, 4.69) is 45.9 Å². The maximum absolute atomic E-state index is 2.40. The van der Waals surface area contributed by atoms with Crippen LogP contribution in [0, 0.1) is 11.8 Å². The number of benzene rings is 1. The number of rotatable bonds is 2. The van der Waals surface area contributed by atoms with Gasteiger partial charge in [-0.25, -0.2) is 0 Å². The summed E-state index contributed by atoms with van der Waals surface area (Å²) in [7, 11) is 0. The Morgan fingerprint density at radius 1 is 1.19 bits per heavy atom. The molecule has 0 nitrogen and oxygen atoms in total. The Labute approximate surface area is 100 Å². The Morgan fingerprint density at radius 3 is 2.56 bits per heavy atom. The van der Waals surface area contributed by atoms with Crippen LogP contribution in [0.15, 0.2) is 18.2 Å². The molecular formula is C16H24. The molecule has 0 saturated carbocycles. The Bertz CT molecular complexity index is 364. The third-order valence-corrected chi connectivity index (χ3v) is 4.49. The van der Waals surface area contributed by atoms with Gasteiger partial charge in [-0.2, -0.15) is 0 Å². The standard InChI is InChI=1S/C16H24/c1-5-11(2)15-8-6-7-14-9-12(3)13(4)10-16(14)15/h6-8,11-13H,5,9-10H2,1-4H3. The fourth-order valence-corrected chi connectivity index (χ4v) is 2.85. The van der Waals surface area contributed by atoms with Gasteiger partial charge in [0, 0.05) is 0 Å². The average molecular weight is 216 g/mol. The molecule has 0 saturated heterocycles. The molecular weight excluding hydrogens is 192 g/mol. The lowest BCUT2D eigenvalue weighted by Gasteiger charge is -2.31. The summed E-state index contributed by atoms with van der Waals surface area (Å²) < 4.78 is 0. The summed E-state index contributed by atoms with van der Waals surface area (Å²) in [5.74, 6) is 2.41. The van der Waals surface area contributed by atoms with E-state index in [1.165, 1.54) is 19.3 Å². The first-order chi connectivity index (χ1) is 7.63. The predicted molar refractivity (Wildman–Crippen MR) is 70.9 cm³/mol. The molecule has 88 valence electrons. The lowest BCUT2D eigenvalue weighted by Crippen LogP contribution is -2.22. The molecule has 1 aliphatic carbocycles. The molecule has 0 spiro atoms. The Morgan fingerprint density at radius 2 is 1.88 bits per heavy atom. The molecule has 0 bridgehead atoms. The molecule has 3 atom stereocenters. The highest BCUT2D eigenvalue weighted by atomic mass is 14.3. The van der Waals surface area contributed by atoms with Crippen LogP contribution in [0.25, 0.3) is 0 Å². The van der Waals surface area contributed by atoms with Gasteiger partial charge in [0.2, 0.25) is 0 Å². The molecule has 16 heavy (non-hydrogen) atoms. The van der Waals surface area contributed by atoms with Gasteiger partial charge in [-0.15, -0.1) is 0 Å². The number of fused-ring (bicyclic) bond motifs is 1. The molecule has 0 heterocycles. The lowest BCUT2D eigenvalue weighted by molar-refractivity contribution is 0.359. The first-order valence-electron chi connectivity index (χ1n) is 6.74. The largest absolute Gasteiger partial charge is 0.0648 e. The zero-order valence-electron chi connectivity index (χ0n) is 11.1. The average Bonchev–Trinajstić information content (AvgIpc) is 2.29. The second-order valence-corrected chi connectivity index (χ2v) is 5.66. The van der Waals surface area contributed by atoms with E-state index in [-0.39, 0.29) is 0 Å². The maximum atomic E-state index is 2.40. The highest BCUT2D eigenvalue weighted by Crippen LogP contribution is 2.35. The van der Waals surface area contributed by atoms with Gasteiger partial charge in [0.15, 0.2) is 0 Å². The molecule has 0 heteroatoms. The van der Waals surface area contributed by atoms with Crippen LogP contribution >= 0.6 is 0 Å². The molecule has 1 aromatic carbocycles. The van der Waals surface area contributed by atoms with Crippen LogP contribution in [0.2, 0.25) is 0 Å². The van der Waals surface area contributed by atoms with Crippen molar-refractivity contribution in [2.75, 3.05) is 0 Å². The van der Waals surface area contributed by atoms with Gasteiger partial charge in [0.25, 0.3) is 0 Å². The van der Waals surface area contributed by atoms with Gasteiger partial charge in [-0.1, -0.05) is 45.9 Å². The van der Waals surface area contributed by atoms with E-state index in [9.17, 15) is 0 Å². The normalized spacial score (nSPS) is 26.2. The van der Waals surface area contributed by atoms with Crippen LogP contribution in [0.5, 0.6) is 0 Å². The molecule has 0 fully saturated rings. The molecule has 0 N–H and O–H groups in total. The van der Waals surface area contributed by atoms with Crippen molar-refractivity contribution in [2.45, 2.75) is 52.9 Å². The predicted octanol–water partition coefficient (Wildman–Crippen LogP) is 4.57. The van der Waals surface area contributed by atoms with Crippen molar-refractivity contribution < 1.29 is 0 Å². The third-order valence-electron chi connectivity index (χ3n) is 4.49. The SMILES string of the molecule is CCC(C)c1cccc2c1CC(C)C(C)C2. The molecule has 0 radical (unpaired) electrons. The van der Waals surface area contributed by atoms with Crippen molar-refractivity contribution in [2.24, 2.45) is 11.8 Å². The zero-order chi connectivity index (χ0) is 11.7. The van der Waals surface area contributed by atoms with Gasteiger partial charge in [-0.3, -0.25) is 0 Å². The lowest BCUT2D eigenvalue weighted by atomic mass is 9.74. The quantitative estimate of drug-likeness (QED) is 0.679. The fraction of sp³-hybridized carbons (Fsp3) is 0.625. The van der Waals surface area contributed by atoms with Crippen LogP contribution in [0.1, 0.15) is 56.7 Å². The van der Waals surface area contributed by atoms with Crippen molar-refractivity contribution in [1.29, 1.82) is 0 Å². The van der Waals surface area contributed by atoms with Gasteiger partial charge in [0.1, 0.15) is 0 Å².